The van der Waals surface area contributed by atoms with Gasteiger partial charge in [0.25, 0.3) is 0 Å². The Morgan fingerprint density at radius 3 is 2.61 bits per heavy atom. The molecule has 0 amide bonds. The van der Waals surface area contributed by atoms with Crippen molar-refractivity contribution in [1.82, 2.24) is 4.90 Å². The van der Waals surface area contributed by atoms with Gasteiger partial charge in [0.05, 0.1) is 6.04 Å². The van der Waals surface area contributed by atoms with Crippen LogP contribution in [-0.2, 0) is 4.79 Å². The smallest absolute Gasteiger partial charge is 0.320 e. The highest BCUT2D eigenvalue weighted by molar-refractivity contribution is 9.10. The molecule has 1 N–H and O–H groups in total. The van der Waals surface area contributed by atoms with Gasteiger partial charge in [-0.25, -0.2) is 0 Å². The summed E-state index contributed by atoms with van der Waals surface area (Å²) in [4.78, 5) is 16.4. The molecule has 1 saturated heterocycles. The number of benzene rings is 1. The molecule has 1 aromatic heterocycles. The minimum atomic E-state index is -0.708. The number of hydrogen-bond acceptors (Lipinski definition) is 3. The van der Waals surface area contributed by atoms with Crippen molar-refractivity contribution in [3.05, 3.63) is 56.2 Å². The van der Waals surface area contributed by atoms with Crippen LogP contribution in [-0.4, -0.2) is 28.6 Å². The van der Waals surface area contributed by atoms with Gasteiger partial charge in [0.1, 0.15) is 6.04 Å². The Balaban J connectivity index is 2.03. The summed E-state index contributed by atoms with van der Waals surface area (Å²) < 4.78 is 1.04. The summed E-state index contributed by atoms with van der Waals surface area (Å²) in [5, 5.41) is 9.65. The highest BCUT2D eigenvalue weighted by atomic mass is 79.9. The topological polar surface area (TPSA) is 40.5 Å². The van der Waals surface area contributed by atoms with Gasteiger partial charge in [-0.05, 0) is 56.1 Å². The maximum absolute atomic E-state index is 11.7. The molecule has 2 heterocycles. The van der Waals surface area contributed by atoms with Crippen LogP contribution in [0, 0.1) is 6.92 Å². The second-order valence-corrected chi connectivity index (χ2v) is 8.23. The first-order valence-corrected chi connectivity index (χ1v) is 9.47. The van der Waals surface area contributed by atoms with Crippen molar-refractivity contribution in [3.8, 4) is 0 Å². The predicted molar refractivity (Wildman–Crippen MR) is 97.0 cm³/mol. The average Bonchev–Trinajstić information content (AvgIpc) is 2.96. The lowest BCUT2D eigenvalue weighted by molar-refractivity contribution is -0.145. The molecule has 2 aromatic rings. The largest absolute Gasteiger partial charge is 0.480 e. The van der Waals surface area contributed by atoms with Crippen LogP contribution < -0.4 is 0 Å². The number of thiophene rings is 1. The zero-order chi connectivity index (χ0) is 16.4. The molecule has 122 valence electrons. The van der Waals surface area contributed by atoms with Crippen molar-refractivity contribution >= 4 is 33.2 Å². The van der Waals surface area contributed by atoms with Gasteiger partial charge in [-0.15, -0.1) is 11.3 Å². The fourth-order valence-corrected chi connectivity index (χ4v) is 4.58. The number of carbonyl (C=O) groups is 1. The highest BCUT2D eigenvalue weighted by Crippen LogP contribution is 2.37. The van der Waals surface area contributed by atoms with Gasteiger partial charge in [-0.3, -0.25) is 9.69 Å². The van der Waals surface area contributed by atoms with E-state index in [9.17, 15) is 9.90 Å². The lowest BCUT2D eigenvalue weighted by Gasteiger charge is -2.39. The molecule has 0 saturated carbocycles. The molecule has 5 heteroatoms. The average molecular weight is 394 g/mol. The lowest BCUT2D eigenvalue weighted by atomic mass is 9.95. The van der Waals surface area contributed by atoms with Crippen LogP contribution in [0.25, 0.3) is 0 Å². The molecule has 1 aromatic carbocycles. The van der Waals surface area contributed by atoms with E-state index in [1.807, 2.05) is 12.1 Å². The Morgan fingerprint density at radius 1 is 1.26 bits per heavy atom. The van der Waals surface area contributed by atoms with Gasteiger partial charge in [0, 0.05) is 14.2 Å². The highest BCUT2D eigenvalue weighted by Gasteiger charge is 2.35. The SMILES string of the molecule is Cc1ccc(C(c2ccc(Br)cc2)N2CCCCC2C(=O)O)s1. The van der Waals surface area contributed by atoms with Crippen LogP contribution in [0.3, 0.4) is 0 Å². The Labute approximate surface area is 149 Å². The molecule has 2 atom stereocenters. The third-order valence-corrected chi connectivity index (χ3v) is 5.96. The normalized spacial score (nSPS) is 20.3. The van der Waals surface area contributed by atoms with Crippen LogP contribution in [0.5, 0.6) is 0 Å². The van der Waals surface area contributed by atoms with E-state index in [0.29, 0.717) is 0 Å². The summed E-state index contributed by atoms with van der Waals surface area (Å²) in [5.74, 6) is -0.708. The van der Waals surface area contributed by atoms with E-state index in [-0.39, 0.29) is 6.04 Å². The summed E-state index contributed by atoms with van der Waals surface area (Å²) in [6.07, 6.45) is 2.78. The molecule has 3 nitrogen and oxygen atoms in total. The zero-order valence-corrected chi connectivity index (χ0v) is 15.4. The summed E-state index contributed by atoms with van der Waals surface area (Å²) >= 11 is 5.24. The predicted octanol–water partition coefficient (Wildman–Crippen LogP) is 4.85. The molecule has 23 heavy (non-hydrogen) atoms. The van der Waals surface area contributed by atoms with Crippen molar-refractivity contribution < 1.29 is 9.90 Å². The molecule has 3 rings (SSSR count). The Hall–Kier alpha value is -1.17. The van der Waals surface area contributed by atoms with Gasteiger partial charge in [0.2, 0.25) is 0 Å². The number of carboxylic acid groups (broad SMARTS) is 1. The number of halogens is 1. The van der Waals surface area contributed by atoms with Gasteiger partial charge in [-0.2, -0.15) is 0 Å². The third-order valence-electron chi connectivity index (χ3n) is 4.38. The van der Waals surface area contributed by atoms with Gasteiger partial charge in [-0.1, -0.05) is 34.5 Å². The monoisotopic (exact) mass is 393 g/mol. The van der Waals surface area contributed by atoms with Gasteiger partial charge in [0.15, 0.2) is 0 Å². The van der Waals surface area contributed by atoms with Crippen molar-refractivity contribution in [2.75, 3.05) is 6.54 Å². The number of aliphatic carboxylic acids is 1. The Kier molecular flexibility index (Phi) is 5.19. The molecule has 0 aliphatic carbocycles. The fourth-order valence-electron chi connectivity index (χ4n) is 3.29. The number of aryl methyl sites for hydroxylation is 1. The number of hydrogen-bond donors (Lipinski definition) is 1. The van der Waals surface area contributed by atoms with E-state index < -0.39 is 12.0 Å². The van der Waals surface area contributed by atoms with E-state index in [1.165, 1.54) is 9.75 Å². The minimum Gasteiger partial charge on any atom is -0.480 e. The maximum atomic E-state index is 11.7. The standard InChI is InChI=1S/C18H20BrNO2S/c1-12-5-10-16(23-12)17(13-6-8-14(19)9-7-13)20-11-3-2-4-15(20)18(21)22/h5-10,15,17H,2-4,11H2,1H3,(H,21,22). The number of rotatable bonds is 4. The van der Waals surface area contributed by atoms with Gasteiger partial charge < -0.3 is 5.11 Å². The fraction of sp³-hybridized carbons (Fsp3) is 0.389. The first kappa shape index (κ1) is 16.7. The number of likely N-dealkylation sites (tertiary alicyclic amines) is 1. The van der Waals surface area contributed by atoms with Crippen LogP contribution in [0.2, 0.25) is 0 Å². The van der Waals surface area contributed by atoms with Crippen LogP contribution in [0.4, 0.5) is 0 Å². The van der Waals surface area contributed by atoms with Crippen LogP contribution in [0.1, 0.15) is 40.6 Å². The molecule has 1 aliphatic rings. The van der Waals surface area contributed by atoms with Gasteiger partial charge >= 0.3 is 5.97 Å². The summed E-state index contributed by atoms with van der Waals surface area (Å²) in [5.41, 5.74) is 1.16. The van der Waals surface area contributed by atoms with E-state index in [4.69, 9.17) is 0 Å². The molecule has 0 radical (unpaired) electrons. The molecule has 0 spiro atoms. The minimum absolute atomic E-state index is 0.0169. The first-order valence-electron chi connectivity index (χ1n) is 7.86. The quantitative estimate of drug-likeness (QED) is 0.806. The van der Waals surface area contributed by atoms with E-state index >= 15 is 0 Å². The Morgan fingerprint density at radius 2 is 2.00 bits per heavy atom. The molecule has 1 fully saturated rings. The molecule has 1 aliphatic heterocycles. The molecule has 2 unspecified atom stereocenters. The summed E-state index contributed by atoms with van der Waals surface area (Å²) in [6.45, 7) is 2.92. The lowest BCUT2D eigenvalue weighted by Crippen LogP contribution is -2.46. The van der Waals surface area contributed by atoms with Crippen molar-refractivity contribution in [2.45, 2.75) is 38.3 Å². The van der Waals surface area contributed by atoms with Crippen molar-refractivity contribution in [1.29, 1.82) is 0 Å². The van der Waals surface area contributed by atoms with E-state index in [1.54, 1.807) is 11.3 Å². The van der Waals surface area contributed by atoms with Crippen LogP contribution in [0.15, 0.2) is 40.9 Å². The maximum Gasteiger partial charge on any atom is 0.320 e. The zero-order valence-electron chi connectivity index (χ0n) is 13.0. The third kappa shape index (κ3) is 3.67. The van der Waals surface area contributed by atoms with Crippen molar-refractivity contribution in [3.63, 3.8) is 0 Å². The summed E-state index contributed by atoms with van der Waals surface area (Å²) in [7, 11) is 0. The second kappa shape index (κ2) is 7.16. The molecule has 0 bridgehead atoms. The van der Waals surface area contributed by atoms with E-state index in [0.717, 1.165) is 35.8 Å². The molecular weight excluding hydrogens is 374 g/mol. The van der Waals surface area contributed by atoms with Crippen molar-refractivity contribution in [2.24, 2.45) is 0 Å². The number of piperidine rings is 1. The Bertz CT molecular complexity index is 683. The number of nitrogens with zero attached hydrogens (tertiary/aromatic N) is 1. The van der Waals surface area contributed by atoms with Crippen LogP contribution >= 0.6 is 27.3 Å². The summed E-state index contributed by atoms with van der Waals surface area (Å²) in [6, 6.07) is 12.1. The first-order chi connectivity index (χ1) is 11.1. The molecular formula is C18H20BrNO2S. The van der Waals surface area contributed by atoms with E-state index in [2.05, 4.69) is 52.0 Å². The number of carboxylic acids is 1. The second-order valence-electron chi connectivity index (χ2n) is 5.99.